The lowest BCUT2D eigenvalue weighted by Gasteiger charge is -2.07. The van der Waals surface area contributed by atoms with Gasteiger partial charge in [0.15, 0.2) is 0 Å². The number of benzene rings is 1. The molecule has 1 aromatic carbocycles. The zero-order valence-corrected chi connectivity index (χ0v) is 12.6. The first-order valence-corrected chi connectivity index (χ1v) is 7.29. The zero-order valence-electron chi connectivity index (χ0n) is 12.6. The predicted octanol–water partition coefficient (Wildman–Crippen LogP) is 3.48. The van der Waals surface area contributed by atoms with E-state index in [-0.39, 0.29) is 24.4 Å². The molecule has 3 rings (SSSR count). The van der Waals surface area contributed by atoms with Gasteiger partial charge in [-0.2, -0.15) is 0 Å². The number of furan rings is 1. The lowest BCUT2D eigenvalue weighted by atomic mass is 10.1. The zero-order chi connectivity index (χ0) is 16.9. The van der Waals surface area contributed by atoms with Crippen LogP contribution in [-0.2, 0) is 17.8 Å². The standard InChI is InChI=1S/C18H14F2N2O2/c19-16-2-1-13(17(20)7-16)6-18(23)22-9-12-5-15(10-21-8-12)14-3-4-24-11-14/h1-5,7-8,10-11H,6,9H2,(H,22,23). The van der Waals surface area contributed by atoms with Crippen LogP contribution in [0.2, 0.25) is 0 Å². The highest BCUT2D eigenvalue weighted by Crippen LogP contribution is 2.19. The molecule has 1 amide bonds. The van der Waals surface area contributed by atoms with E-state index in [2.05, 4.69) is 10.3 Å². The van der Waals surface area contributed by atoms with Gasteiger partial charge in [0.05, 0.1) is 18.9 Å². The number of carbonyl (C=O) groups is 1. The van der Waals surface area contributed by atoms with E-state index in [0.717, 1.165) is 28.8 Å². The van der Waals surface area contributed by atoms with E-state index in [9.17, 15) is 13.6 Å². The summed E-state index contributed by atoms with van der Waals surface area (Å²) in [7, 11) is 0. The third-order valence-corrected chi connectivity index (χ3v) is 3.51. The summed E-state index contributed by atoms with van der Waals surface area (Å²) in [4.78, 5) is 16.1. The summed E-state index contributed by atoms with van der Waals surface area (Å²) in [6, 6.07) is 6.86. The van der Waals surface area contributed by atoms with Gasteiger partial charge in [-0.1, -0.05) is 6.07 Å². The van der Waals surface area contributed by atoms with Crippen LogP contribution in [0.1, 0.15) is 11.1 Å². The van der Waals surface area contributed by atoms with Gasteiger partial charge in [0, 0.05) is 36.1 Å². The average molecular weight is 328 g/mol. The number of amides is 1. The molecular formula is C18H14F2N2O2. The maximum absolute atomic E-state index is 13.5. The van der Waals surface area contributed by atoms with Gasteiger partial charge < -0.3 is 9.73 Å². The summed E-state index contributed by atoms with van der Waals surface area (Å²) in [6.07, 6.45) is 6.37. The van der Waals surface area contributed by atoms with E-state index in [4.69, 9.17) is 4.42 Å². The molecular weight excluding hydrogens is 314 g/mol. The number of nitrogens with one attached hydrogen (secondary N) is 1. The Morgan fingerprint density at radius 3 is 2.75 bits per heavy atom. The fraction of sp³-hybridized carbons (Fsp3) is 0.111. The van der Waals surface area contributed by atoms with Gasteiger partial charge in [-0.15, -0.1) is 0 Å². The Morgan fingerprint density at radius 1 is 1.12 bits per heavy atom. The van der Waals surface area contributed by atoms with Crippen molar-refractivity contribution in [3.05, 3.63) is 78.0 Å². The molecule has 0 aliphatic carbocycles. The summed E-state index contributed by atoms with van der Waals surface area (Å²) in [5.74, 6) is -1.75. The lowest BCUT2D eigenvalue weighted by Crippen LogP contribution is -2.25. The van der Waals surface area contributed by atoms with E-state index in [1.54, 1.807) is 24.9 Å². The molecule has 0 fully saturated rings. The number of rotatable bonds is 5. The molecule has 0 bridgehead atoms. The van der Waals surface area contributed by atoms with Crippen LogP contribution in [0.5, 0.6) is 0 Å². The minimum Gasteiger partial charge on any atom is -0.472 e. The van der Waals surface area contributed by atoms with Gasteiger partial charge >= 0.3 is 0 Å². The normalized spacial score (nSPS) is 10.6. The number of aromatic nitrogens is 1. The third kappa shape index (κ3) is 3.84. The highest BCUT2D eigenvalue weighted by atomic mass is 19.1. The minimum absolute atomic E-state index is 0.152. The molecule has 0 atom stereocenters. The second-order valence-electron chi connectivity index (χ2n) is 5.28. The van der Waals surface area contributed by atoms with E-state index in [0.29, 0.717) is 0 Å². The van der Waals surface area contributed by atoms with Gasteiger partial charge in [-0.3, -0.25) is 9.78 Å². The summed E-state index contributed by atoms with van der Waals surface area (Å²) in [5.41, 5.74) is 2.73. The molecule has 4 nitrogen and oxygen atoms in total. The smallest absolute Gasteiger partial charge is 0.224 e. The summed E-state index contributed by atoms with van der Waals surface area (Å²) in [5, 5.41) is 2.70. The van der Waals surface area contributed by atoms with Crippen LogP contribution in [0.25, 0.3) is 11.1 Å². The van der Waals surface area contributed by atoms with Crippen LogP contribution in [0, 0.1) is 11.6 Å². The summed E-state index contributed by atoms with van der Waals surface area (Å²) >= 11 is 0. The SMILES string of the molecule is O=C(Cc1ccc(F)cc1F)NCc1cncc(-c2ccoc2)c1. The molecule has 0 aliphatic heterocycles. The predicted molar refractivity (Wildman–Crippen MR) is 83.8 cm³/mol. The van der Waals surface area contributed by atoms with E-state index in [1.807, 2.05) is 12.1 Å². The van der Waals surface area contributed by atoms with E-state index >= 15 is 0 Å². The Kier molecular flexibility index (Phi) is 4.65. The number of hydrogen-bond acceptors (Lipinski definition) is 3. The Balaban J connectivity index is 1.61. The molecule has 1 N–H and O–H groups in total. The molecule has 0 saturated carbocycles. The molecule has 2 aromatic heterocycles. The first-order valence-electron chi connectivity index (χ1n) is 7.29. The van der Waals surface area contributed by atoms with Crippen LogP contribution >= 0.6 is 0 Å². The number of pyridine rings is 1. The molecule has 2 heterocycles. The van der Waals surface area contributed by atoms with Crippen molar-refractivity contribution in [2.24, 2.45) is 0 Å². The quantitative estimate of drug-likeness (QED) is 0.780. The molecule has 0 aliphatic rings. The molecule has 3 aromatic rings. The first kappa shape index (κ1) is 15.9. The van der Waals surface area contributed by atoms with E-state index < -0.39 is 11.6 Å². The Labute approximate surface area is 137 Å². The maximum atomic E-state index is 13.5. The average Bonchev–Trinajstić information content (AvgIpc) is 3.10. The summed E-state index contributed by atoms with van der Waals surface area (Å²) < 4.78 is 31.4. The topological polar surface area (TPSA) is 55.1 Å². The first-order chi connectivity index (χ1) is 11.6. The monoisotopic (exact) mass is 328 g/mol. The van der Waals surface area contributed by atoms with Gasteiger partial charge in [0.25, 0.3) is 0 Å². The second kappa shape index (κ2) is 7.04. The molecule has 6 heteroatoms. The molecule has 0 saturated heterocycles. The number of halogens is 2. The highest BCUT2D eigenvalue weighted by Gasteiger charge is 2.09. The van der Waals surface area contributed by atoms with Gasteiger partial charge in [0.2, 0.25) is 5.91 Å². The Hall–Kier alpha value is -3.02. The largest absolute Gasteiger partial charge is 0.472 e. The van der Waals surface area contributed by atoms with Crippen molar-refractivity contribution in [1.82, 2.24) is 10.3 Å². The fourth-order valence-electron chi connectivity index (χ4n) is 2.27. The fourth-order valence-corrected chi connectivity index (χ4v) is 2.27. The van der Waals surface area contributed by atoms with Crippen LogP contribution in [0.4, 0.5) is 8.78 Å². The van der Waals surface area contributed by atoms with Crippen LogP contribution in [0.3, 0.4) is 0 Å². The second-order valence-corrected chi connectivity index (χ2v) is 5.28. The van der Waals surface area contributed by atoms with Crippen LogP contribution in [0.15, 0.2) is 59.7 Å². The number of carbonyl (C=O) groups excluding carboxylic acids is 1. The van der Waals surface area contributed by atoms with Crippen LogP contribution in [-0.4, -0.2) is 10.9 Å². The van der Waals surface area contributed by atoms with Crippen LogP contribution < -0.4 is 5.32 Å². The van der Waals surface area contributed by atoms with Gasteiger partial charge in [-0.05, 0) is 29.3 Å². The van der Waals surface area contributed by atoms with Crippen molar-refractivity contribution < 1.29 is 18.0 Å². The van der Waals surface area contributed by atoms with Crippen molar-refractivity contribution in [3.8, 4) is 11.1 Å². The number of nitrogens with zero attached hydrogens (tertiary/aromatic N) is 1. The minimum atomic E-state index is -0.728. The molecule has 0 unspecified atom stereocenters. The van der Waals surface area contributed by atoms with Crippen molar-refractivity contribution >= 4 is 5.91 Å². The molecule has 122 valence electrons. The molecule has 24 heavy (non-hydrogen) atoms. The lowest BCUT2D eigenvalue weighted by molar-refractivity contribution is -0.120. The van der Waals surface area contributed by atoms with Crippen molar-refractivity contribution in [1.29, 1.82) is 0 Å². The van der Waals surface area contributed by atoms with Crippen molar-refractivity contribution in [2.45, 2.75) is 13.0 Å². The van der Waals surface area contributed by atoms with Crippen molar-refractivity contribution in [2.75, 3.05) is 0 Å². The van der Waals surface area contributed by atoms with Gasteiger partial charge in [0.1, 0.15) is 11.6 Å². The van der Waals surface area contributed by atoms with E-state index in [1.165, 1.54) is 6.07 Å². The number of hydrogen-bond donors (Lipinski definition) is 1. The molecule has 0 radical (unpaired) electrons. The Morgan fingerprint density at radius 2 is 2.00 bits per heavy atom. The van der Waals surface area contributed by atoms with Gasteiger partial charge in [-0.25, -0.2) is 8.78 Å². The third-order valence-electron chi connectivity index (χ3n) is 3.51. The summed E-state index contributed by atoms with van der Waals surface area (Å²) in [6.45, 7) is 0.264. The highest BCUT2D eigenvalue weighted by molar-refractivity contribution is 5.78. The van der Waals surface area contributed by atoms with Crippen molar-refractivity contribution in [3.63, 3.8) is 0 Å². The Bertz CT molecular complexity index is 848. The maximum Gasteiger partial charge on any atom is 0.224 e. The molecule has 0 spiro atoms.